The van der Waals surface area contributed by atoms with Gasteiger partial charge in [0.2, 0.25) is 7.59 Å². The average molecular weight is 356 g/mol. The number of rotatable bonds is 2. The third kappa shape index (κ3) is 3.98. The van der Waals surface area contributed by atoms with Crippen molar-refractivity contribution in [1.29, 1.82) is 0 Å². The van der Waals surface area contributed by atoms with Gasteiger partial charge in [-0.15, -0.1) is 16.8 Å². The molecule has 1 rings (SSSR count). The number of nitrogens with zero attached hydrogens (tertiary/aromatic N) is 3. The summed E-state index contributed by atoms with van der Waals surface area (Å²) in [5.41, 5.74) is 0.521. The molecule has 0 saturated heterocycles. The minimum absolute atomic E-state index is 0.0683. The molecule has 94 valence electrons. The van der Waals surface area contributed by atoms with E-state index in [1.807, 2.05) is 0 Å². The standard InChI is InChI=1S/C8H5Cl6N3/c1-2-3-4-5(7(9,10)11)15-17-16-6(4)8(12,13)14/h2H,1,3H2. The normalized spacial score (nSPS) is 12.6. The lowest BCUT2D eigenvalue weighted by molar-refractivity contribution is 0.758. The molecule has 0 radical (unpaired) electrons. The van der Waals surface area contributed by atoms with Crippen molar-refractivity contribution in [3.63, 3.8) is 0 Å². The minimum Gasteiger partial charge on any atom is -0.130 e. The Kier molecular flexibility index (Phi) is 5.16. The Labute approximate surface area is 128 Å². The van der Waals surface area contributed by atoms with Gasteiger partial charge in [0, 0.05) is 5.56 Å². The molecule has 0 bridgehead atoms. The zero-order valence-corrected chi connectivity index (χ0v) is 12.6. The molecule has 0 spiro atoms. The molecule has 0 saturated carbocycles. The van der Waals surface area contributed by atoms with E-state index in [1.165, 1.54) is 0 Å². The van der Waals surface area contributed by atoms with Crippen molar-refractivity contribution in [2.75, 3.05) is 0 Å². The van der Waals surface area contributed by atoms with E-state index < -0.39 is 7.59 Å². The molecule has 9 heteroatoms. The second-order valence-corrected chi connectivity index (χ2v) is 7.52. The van der Waals surface area contributed by atoms with Crippen molar-refractivity contribution in [3.8, 4) is 0 Å². The van der Waals surface area contributed by atoms with E-state index in [4.69, 9.17) is 69.6 Å². The first-order valence-electron chi connectivity index (χ1n) is 4.15. The Morgan fingerprint density at radius 3 is 1.65 bits per heavy atom. The average Bonchev–Trinajstić information content (AvgIpc) is 2.15. The van der Waals surface area contributed by atoms with Crippen LogP contribution in [0, 0.1) is 0 Å². The van der Waals surface area contributed by atoms with Gasteiger partial charge in [-0.2, -0.15) is 0 Å². The third-order valence-corrected chi connectivity index (χ3v) is 2.82. The highest BCUT2D eigenvalue weighted by molar-refractivity contribution is 6.67. The van der Waals surface area contributed by atoms with Crippen LogP contribution in [0.3, 0.4) is 0 Å². The predicted molar refractivity (Wildman–Crippen MR) is 72.2 cm³/mol. The molecular formula is C8H5Cl6N3. The Morgan fingerprint density at radius 1 is 0.941 bits per heavy atom. The fourth-order valence-corrected chi connectivity index (χ4v) is 2.05. The lowest BCUT2D eigenvalue weighted by atomic mass is 10.1. The summed E-state index contributed by atoms with van der Waals surface area (Å²) in [7, 11) is 0. The Balaban J connectivity index is 3.48. The first-order valence-corrected chi connectivity index (χ1v) is 6.42. The van der Waals surface area contributed by atoms with Gasteiger partial charge >= 0.3 is 0 Å². The van der Waals surface area contributed by atoms with Crippen molar-refractivity contribution >= 4 is 69.6 Å². The Morgan fingerprint density at radius 2 is 1.35 bits per heavy atom. The number of allylic oxidation sites excluding steroid dienone is 1. The summed E-state index contributed by atoms with van der Waals surface area (Å²) < 4.78 is -3.56. The highest BCUT2D eigenvalue weighted by Crippen LogP contribution is 2.44. The highest BCUT2D eigenvalue weighted by Gasteiger charge is 2.36. The zero-order valence-electron chi connectivity index (χ0n) is 8.10. The SMILES string of the molecule is C=CCc1c(C(Cl)(Cl)Cl)nnnc1C(Cl)(Cl)Cl. The van der Waals surface area contributed by atoms with Gasteiger partial charge < -0.3 is 0 Å². The summed E-state index contributed by atoms with van der Waals surface area (Å²) in [4.78, 5) is 0. The second-order valence-electron chi connectivity index (χ2n) is 2.95. The molecule has 0 N–H and O–H groups in total. The quantitative estimate of drug-likeness (QED) is 0.588. The summed E-state index contributed by atoms with van der Waals surface area (Å²) in [6, 6.07) is 0. The van der Waals surface area contributed by atoms with Gasteiger partial charge in [0.1, 0.15) is 11.4 Å². The van der Waals surface area contributed by atoms with Gasteiger partial charge in [0.05, 0.1) is 0 Å². The number of aromatic nitrogens is 3. The smallest absolute Gasteiger partial charge is 0.130 e. The van der Waals surface area contributed by atoms with Crippen molar-refractivity contribution in [2.45, 2.75) is 14.0 Å². The minimum atomic E-state index is -1.78. The van der Waals surface area contributed by atoms with Crippen LogP contribution in [-0.4, -0.2) is 15.4 Å². The van der Waals surface area contributed by atoms with E-state index in [-0.39, 0.29) is 17.8 Å². The van der Waals surface area contributed by atoms with Crippen LogP contribution in [0.15, 0.2) is 12.7 Å². The number of hydrogen-bond donors (Lipinski definition) is 0. The van der Waals surface area contributed by atoms with Gasteiger partial charge in [0.15, 0.2) is 0 Å². The monoisotopic (exact) mass is 353 g/mol. The molecule has 0 aromatic carbocycles. The second kappa shape index (κ2) is 5.64. The maximum atomic E-state index is 5.76. The van der Waals surface area contributed by atoms with E-state index in [9.17, 15) is 0 Å². The van der Waals surface area contributed by atoms with Crippen molar-refractivity contribution in [3.05, 3.63) is 29.6 Å². The Bertz CT molecular complexity index is 390. The molecule has 0 unspecified atom stereocenters. The maximum absolute atomic E-state index is 5.76. The first kappa shape index (κ1) is 15.5. The van der Waals surface area contributed by atoms with E-state index in [0.29, 0.717) is 5.56 Å². The van der Waals surface area contributed by atoms with Crippen LogP contribution in [0.25, 0.3) is 0 Å². The van der Waals surface area contributed by atoms with Crippen LogP contribution in [0.2, 0.25) is 0 Å². The first-order chi connectivity index (χ1) is 7.68. The Hall–Kier alpha value is 0.490. The molecule has 1 aromatic heterocycles. The van der Waals surface area contributed by atoms with Crippen LogP contribution in [0.4, 0.5) is 0 Å². The molecule has 0 atom stereocenters. The van der Waals surface area contributed by atoms with E-state index in [2.05, 4.69) is 22.0 Å². The molecule has 1 aromatic rings. The van der Waals surface area contributed by atoms with E-state index in [0.717, 1.165) is 0 Å². The lowest BCUT2D eigenvalue weighted by Crippen LogP contribution is -2.18. The fraction of sp³-hybridized carbons (Fsp3) is 0.375. The fourth-order valence-electron chi connectivity index (χ4n) is 1.14. The molecule has 1 heterocycles. The maximum Gasteiger partial charge on any atom is 0.234 e. The largest absolute Gasteiger partial charge is 0.234 e. The number of alkyl halides is 6. The summed E-state index contributed by atoms with van der Waals surface area (Å²) in [6.07, 6.45) is 1.84. The molecule has 0 aliphatic carbocycles. The molecule has 3 nitrogen and oxygen atoms in total. The predicted octanol–water partition coefficient (Wildman–Crippen LogP) is 4.25. The van der Waals surface area contributed by atoms with Gasteiger partial charge in [-0.1, -0.05) is 75.7 Å². The summed E-state index contributed by atoms with van der Waals surface area (Å²) in [5, 5.41) is 10.7. The highest BCUT2D eigenvalue weighted by atomic mass is 35.6. The summed E-state index contributed by atoms with van der Waals surface area (Å²) in [5.74, 6) is 0. The van der Waals surface area contributed by atoms with Crippen molar-refractivity contribution in [1.82, 2.24) is 15.4 Å². The van der Waals surface area contributed by atoms with Gasteiger partial charge in [-0.05, 0) is 11.6 Å². The van der Waals surface area contributed by atoms with Crippen LogP contribution >= 0.6 is 69.6 Å². The van der Waals surface area contributed by atoms with Crippen LogP contribution in [0.5, 0.6) is 0 Å². The van der Waals surface area contributed by atoms with Gasteiger partial charge in [0.25, 0.3) is 0 Å². The molecule has 0 aliphatic rings. The number of hydrogen-bond acceptors (Lipinski definition) is 3. The van der Waals surface area contributed by atoms with E-state index >= 15 is 0 Å². The van der Waals surface area contributed by atoms with E-state index in [1.54, 1.807) is 6.08 Å². The van der Waals surface area contributed by atoms with Crippen LogP contribution < -0.4 is 0 Å². The summed E-state index contributed by atoms with van der Waals surface area (Å²) >= 11 is 34.6. The molecule has 0 fully saturated rings. The molecule has 0 aliphatic heterocycles. The molecular weight excluding hydrogens is 351 g/mol. The van der Waals surface area contributed by atoms with Gasteiger partial charge in [-0.3, -0.25) is 0 Å². The van der Waals surface area contributed by atoms with Crippen LogP contribution in [-0.2, 0) is 14.0 Å². The zero-order chi connectivity index (χ0) is 13.3. The number of halogens is 6. The van der Waals surface area contributed by atoms with Gasteiger partial charge in [-0.25, -0.2) is 0 Å². The van der Waals surface area contributed by atoms with Crippen molar-refractivity contribution < 1.29 is 0 Å². The third-order valence-electron chi connectivity index (χ3n) is 1.75. The molecule has 0 amide bonds. The summed E-state index contributed by atoms with van der Waals surface area (Å²) in [6.45, 7) is 3.57. The topological polar surface area (TPSA) is 38.7 Å². The lowest BCUT2D eigenvalue weighted by Gasteiger charge is -2.18. The molecule has 17 heavy (non-hydrogen) atoms. The van der Waals surface area contributed by atoms with Crippen LogP contribution in [0.1, 0.15) is 17.0 Å². The van der Waals surface area contributed by atoms with Crippen molar-refractivity contribution in [2.24, 2.45) is 0 Å².